The third-order valence-corrected chi connectivity index (χ3v) is 1.80. The molecule has 9 heavy (non-hydrogen) atoms. The van der Waals surface area contributed by atoms with Crippen molar-refractivity contribution in [2.24, 2.45) is 11.7 Å². The molecule has 0 bridgehead atoms. The van der Waals surface area contributed by atoms with Crippen LogP contribution in [0.4, 0.5) is 0 Å². The van der Waals surface area contributed by atoms with Crippen LogP contribution in [0.3, 0.4) is 0 Å². The Morgan fingerprint density at radius 1 is 1.78 bits per heavy atom. The van der Waals surface area contributed by atoms with Crippen molar-refractivity contribution in [1.82, 2.24) is 10.6 Å². The van der Waals surface area contributed by atoms with E-state index < -0.39 is 0 Å². The molecule has 0 aromatic heterocycles. The molecule has 0 radical (unpaired) electrons. The van der Waals surface area contributed by atoms with Gasteiger partial charge in [0.1, 0.15) is 0 Å². The number of nitrogens with two attached hydrogens (primary N) is 1. The van der Waals surface area contributed by atoms with Gasteiger partial charge in [0.05, 0.1) is 6.17 Å². The van der Waals surface area contributed by atoms with Gasteiger partial charge in [0.15, 0.2) is 0 Å². The summed E-state index contributed by atoms with van der Waals surface area (Å²) in [5, 5.41) is 6.27. The summed E-state index contributed by atoms with van der Waals surface area (Å²) >= 11 is 0. The summed E-state index contributed by atoms with van der Waals surface area (Å²) in [4.78, 5) is 0. The van der Waals surface area contributed by atoms with E-state index in [9.17, 15) is 0 Å². The van der Waals surface area contributed by atoms with Crippen LogP contribution in [0.15, 0.2) is 0 Å². The molecule has 4 N–H and O–H groups in total. The minimum absolute atomic E-state index is 0.258. The van der Waals surface area contributed by atoms with Gasteiger partial charge in [-0.2, -0.15) is 0 Å². The molecule has 3 heteroatoms. The van der Waals surface area contributed by atoms with Gasteiger partial charge in [0, 0.05) is 6.04 Å². The van der Waals surface area contributed by atoms with E-state index in [0.717, 1.165) is 6.54 Å². The lowest BCUT2D eigenvalue weighted by Gasteiger charge is -2.06. The largest absolute Gasteiger partial charge is 0.319 e. The Kier molecular flexibility index (Phi) is 2.05. The van der Waals surface area contributed by atoms with Crippen LogP contribution in [0, 0.1) is 5.92 Å². The SMILES string of the molecule is CNCC(C)C1NC1N. The van der Waals surface area contributed by atoms with E-state index in [2.05, 4.69) is 17.6 Å². The Morgan fingerprint density at radius 3 is 2.67 bits per heavy atom. The fourth-order valence-corrected chi connectivity index (χ4v) is 1.13. The Morgan fingerprint density at radius 2 is 2.33 bits per heavy atom. The molecular weight excluding hydrogens is 114 g/mol. The Balaban J connectivity index is 2.11. The molecule has 0 spiro atoms. The van der Waals surface area contributed by atoms with Gasteiger partial charge in [-0.05, 0) is 19.5 Å². The monoisotopic (exact) mass is 129 g/mol. The lowest BCUT2D eigenvalue weighted by atomic mass is 10.1. The molecule has 54 valence electrons. The molecule has 3 nitrogen and oxygen atoms in total. The quantitative estimate of drug-likeness (QED) is 0.433. The van der Waals surface area contributed by atoms with Crippen LogP contribution in [-0.2, 0) is 0 Å². The summed E-state index contributed by atoms with van der Waals surface area (Å²) in [7, 11) is 1.96. The summed E-state index contributed by atoms with van der Waals surface area (Å²) in [5.41, 5.74) is 5.56. The van der Waals surface area contributed by atoms with E-state index in [1.165, 1.54) is 0 Å². The van der Waals surface area contributed by atoms with Crippen LogP contribution in [-0.4, -0.2) is 25.8 Å². The van der Waals surface area contributed by atoms with Crippen molar-refractivity contribution in [2.45, 2.75) is 19.1 Å². The maximum atomic E-state index is 5.56. The number of nitrogens with one attached hydrogen (secondary N) is 2. The minimum atomic E-state index is 0.258. The summed E-state index contributed by atoms with van der Waals surface area (Å²) in [6, 6.07) is 0.553. The highest BCUT2D eigenvalue weighted by Crippen LogP contribution is 2.14. The molecule has 0 aromatic rings. The first-order valence-electron chi connectivity index (χ1n) is 3.42. The standard InChI is InChI=1S/C6H15N3/c1-4(3-8-2)5-6(7)9-5/h4-6,8-9H,3,7H2,1-2H3. The molecule has 0 saturated carbocycles. The maximum absolute atomic E-state index is 5.56. The second-order valence-electron chi connectivity index (χ2n) is 2.75. The van der Waals surface area contributed by atoms with Crippen LogP contribution < -0.4 is 16.4 Å². The highest BCUT2D eigenvalue weighted by atomic mass is 15.2. The third kappa shape index (κ3) is 1.64. The van der Waals surface area contributed by atoms with Gasteiger partial charge in [0.25, 0.3) is 0 Å². The van der Waals surface area contributed by atoms with E-state index in [1.807, 2.05) is 7.05 Å². The average molecular weight is 129 g/mol. The van der Waals surface area contributed by atoms with Crippen LogP contribution in [0.25, 0.3) is 0 Å². The molecule has 3 atom stereocenters. The van der Waals surface area contributed by atoms with Crippen molar-refractivity contribution in [3.05, 3.63) is 0 Å². The normalized spacial score (nSPS) is 36.3. The summed E-state index contributed by atoms with van der Waals surface area (Å²) in [5.74, 6) is 0.657. The highest BCUT2D eigenvalue weighted by molar-refractivity contribution is 4.96. The van der Waals surface area contributed by atoms with Gasteiger partial charge < -0.3 is 11.1 Å². The first kappa shape index (κ1) is 6.99. The van der Waals surface area contributed by atoms with Gasteiger partial charge in [-0.25, -0.2) is 0 Å². The lowest BCUT2D eigenvalue weighted by molar-refractivity contribution is 0.524. The third-order valence-electron chi connectivity index (χ3n) is 1.80. The van der Waals surface area contributed by atoms with Crippen LogP contribution in [0.1, 0.15) is 6.92 Å². The predicted molar refractivity (Wildman–Crippen MR) is 38.0 cm³/mol. The molecule has 0 aromatic carbocycles. The number of hydrogen-bond acceptors (Lipinski definition) is 3. The van der Waals surface area contributed by atoms with Gasteiger partial charge >= 0.3 is 0 Å². The molecule has 0 aliphatic carbocycles. The molecule has 1 saturated heterocycles. The molecule has 1 fully saturated rings. The average Bonchev–Trinajstić information content (AvgIpc) is 2.47. The fourth-order valence-electron chi connectivity index (χ4n) is 1.13. The fraction of sp³-hybridized carbons (Fsp3) is 1.00. The van der Waals surface area contributed by atoms with E-state index in [4.69, 9.17) is 5.73 Å². The van der Waals surface area contributed by atoms with Gasteiger partial charge in [-0.3, -0.25) is 5.32 Å². The summed E-state index contributed by atoms with van der Waals surface area (Å²) < 4.78 is 0. The first-order valence-corrected chi connectivity index (χ1v) is 3.42. The molecular formula is C6H15N3. The van der Waals surface area contributed by atoms with Crippen molar-refractivity contribution >= 4 is 0 Å². The second-order valence-corrected chi connectivity index (χ2v) is 2.75. The molecule has 1 rings (SSSR count). The lowest BCUT2D eigenvalue weighted by Crippen LogP contribution is -2.23. The highest BCUT2D eigenvalue weighted by Gasteiger charge is 2.36. The Bertz CT molecular complexity index is 94.3. The smallest absolute Gasteiger partial charge is 0.0711 e. The second kappa shape index (κ2) is 2.64. The number of rotatable bonds is 3. The minimum Gasteiger partial charge on any atom is -0.319 e. The summed E-state index contributed by atoms with van der Waals surface area (Å²) in [6.45, 7) is 3.24. The topological polar surface area (TPSA) is 60.0 Å². The van der Waals surface area contributed by atoms with Crippen LogP contribution in [0.5, 0.6) is 0 Å². The molecule has 0 amide bonds. The molecule has 1 aliphatic heterocycles. The van der Waals surface area contributed by atoms with Crippen molar-refractivity contribution in [1.29, 1.82) is 0 Å². The summed E-state index contributed by atoms with van der Waals surface area (Å²) in [6.07, 6.45) is 0.258. The van der Waals surface area contributed by atoms with E-state index in [1.54, 1.807) is 0 Å². The maximum Gasteiger partial charge on any atom is 0.0711 e. The van der Waals surface area contributed by atoms with E-state index in [-0.39, 0.29) is 6.17 Å². The zero-order valence-electron chi connectivity index (χ0n) is 6.02. The van der Waals surface area contributed by atoms with Crippen molar-refractivity contribution < 1.29 is 0 Å². The van der Waals surface area contributed by atoms with Crippen molar-refractivity contribution in [2.75, 3.05) is 13.6 Å². The van der Waals surface area contributed by atoms with E-state index in [0.29, 0.717) is 12.0 Å². The zero-order chi connectivity index (χ0) is 6.85. The van der Waals surface area contributed by atoms with Crippen molar-refractivity contribution in [3.8, 4) is 0 Å². The first-order chi connectivity index (χ1) is 4.25. The Labute approximate surface area is 56.0 Å². The van der Waals surface area contributed by atoms with Crippen molar-refractivity contribution in [3.63, 3.8) is 0 Å². The predicted octanol–water partition coefficient (Wildman–Crippen LogP) is -0.901. The number of hydrogen-bond donors (Lipinski definition) is 3. The molecule has 1 aliphatic rings. The van der Waals surface area contributed by atoms with Gasteiger partial charge in [0.2, 0.25) is 0 Å². The van der Waals surface area contributed by atoms with Crippen LogP contribution in [0.2, 0.25) is 0 Å². The van der Waals surface area contributed by atoms with Gasteiger partial charge in [-0.15, -0.1) is 0 Å². The zero-order valence-corrected chi connectivity index (χ0v) is 6.02. The van der Waals surface area contributed by atoms with E-state index >= 15 is 0 Å². The Hall–Kier alpha value is -0.120. The van der Waals surface area contributed by atoms with Crippen LogP contribution >= 0.6 is 0 Å². The molecule has 3 unspecified atom stereocenters. The molecule has 1 heterocycles. The van der Waals surface area contributed by atoms with Gasteiger partial charge in [-0.1, -0.05) is 6.92 Å².